The average molecular weight is 463 g/mol. The number of ether oxygens (including phenoxy) is 1. The van der Waals surface area contributed by atoms with Crippen molar-refractivity contribution in [3.8, 4) is 16.9 Å². The summed E-state index contributed by atoms with van der Waals surface area (Å²) in [5, 5.41) is 9.04. The number of hydrogen-bond acceptors (Lipinski definition) is 3. The molecule has 0 aliphatic rings. The smallest absolute Gasteiger partial charge is 0.416 e. The molecule has 0 unspecified atom stereocenters. The first-order valence-electron chi connectivity index (χ1n) is 9.13. The first-order valence-corrected chi connectivity index (χ1v) is 9.13. The number of alkyl halides is 6. The second-order valence-corrected chi connectivity index (χ2v) is 6.93. The third-order valence-corrected chi connectivity index (χ3v) is 4.56. The highest BCUT2D eigenvalue weighted by Gasteiger charge is 2.36. The largest absolute Gasteiger partial charge is 0.496 e. The summed E-state index contributed by atoms with van der Waals surface area (Å²) in [6, 6.07) is 7.53. The van der Waals surface area contributed by atoms with Crippen molar-refractivity contribution < 1.29 is 45.8 Å². The molecule has 0 aliphatic carbocycles. The number of carboxylic acids is 1. The van der Waals surface area contributed by atoms with E-state index < -0.39 is 54.9 Å². The maximum absolute atomic E-state index is 13.4. The highest BCUT2D eigenvalue weighted by atomic mass is 19.4. The van der Waals surface area contributed by atoms with Gasteiger partial charge < -0.3 is 14.7 Å². The lowest BCUT2D eigenvalue weighted by Gasteiger charge is -2.24. The second kappa shape index (κ2) is 9.49. The van der Waals surface area contributed by atoms with E-state index in [1.165, 1.54) is 24.3 Å². The van der Waals surface area contributed by atoms with E-state index in [2.05, 4.69) is 0 Å². The van der Waals surface area contributed by atoms with Crippen LogP contribution in [0, 0.1) is 0 Å². The first kappa shape index (κ1) is 25.0. The molecule has 5 nitrogen and oxygen atoms in total. The predicted octanol–water partition coefficient (Wildman–Crippen LogP) is 4.92. The Bertz CT molecular complexity index is 1000. The zero-order chi connectivity index (χ0) is 24.3. The molecule has 2 aromatic rings. The summed E-state index contributed by atoms with van der Waals surface area (Å²) < 4.78 is 84.0. The van der Waals surface area contributed by atoms with Gasteiger partial charge in [-0.25, -0.2) is 0 Å². The van der Waals surface area contributed by atoms with E-state index in [0.717, 1.165) is 20.1 Å². The van der Waals surface area contributed by atoms with Crippen LogP contribution in [0.3, 0.4) is 0 Å². The normalized spacial score (nSPS) is 11.9. The van der Waals surface area contributed by atoms with Crippen LogP contribution in [0.15, 0.2) is 36.4 Å². The molecular formula is C21H19F6NO4. The Balaban J connectivity index is 2.65. The van der Waals surface area contributed by atoms with Crippen molar-refractivity contribution in [1.82, 2.24) is 4.90 Å². The van der Waals surface area contributed by atoms with Crippen LogP contribution in [0.1, 0.15) is 23.6 Å². The number of amides is 1. The van der Waals surface area contributed by atoms with Crippen LogP contribution in [0.5, 0.6) is 5.75 Å². The number of hydrogen-bond donors (Lipinski definition) is 1. The average Bonchev–Trinajstić information content (AvgIpc) is 2.65. The number of benzene rings is 2. The van der Waals surface area contributed by atoms with Crippen molar-refractivity contribution in [3.05, 3.63) is 53.1 Å². The molecule has 11 heteroatoms. The molecule has 0 spiro atoms. The zero-order valence-corrected chi connectivity index (χ0v) is 17.0. The summed E-state index contributed by atoms with van der Waals surface area (Å²) in [5.74, 6) is -2.58. The number of methoxy groups -OCH3 is 1. The Morgan fingerprint density at radius 2 is 1.62 bits per heavy atom. The van der Waals surface area contributed by atoms with Crippen molar-refractivity contribution in [2.45, 2.75) is 32.2 Å². The summed E-state index contributed by atoms with van der Waals surface area (Å²) in [6.45, 7) is -1.01. The highest BCUT2D eigenvalue weighted by Crippen LogP contribution is 2.41. The van der Waals surface area contributed by atoms with Crippen LogP contribution in [-0.2, 0) is 28.7 Å². The molecule has 0 radical (unpaired) electrons. The van der Waals surface area contributed by atoms with Crippen molar-refractivity contribution in [2.75, 3.05) is 13.7 Å². The van der Waals surface area contributed by atoms with Crippen LogP contribution < -0.4 is 4.74 Å². The van der Waals surface area contributed by atoms with Crippen molar-refractivity contribution in [1.29, 1.82) is 0 Å². The Kier molecular flexibility index (Phi) is 7.42. The molecule has 0 bridgehead atoms. The molecule has 174 valence electrons. The van der Waals surface area contributed by atoms with Gasteiger partial charge in [-0.2, -0.15) is 26.3 Å². The Morgan fingerprint density at radius 1 is 1.00 bits per heavy atom. The second-order valence-electron chi connectivity index (χ2n) is 6.93. The number of carboxylic acid groups (broad SMARTS) is 1. The summed E-state index contributed by atoms with van der Waals surface area (Å²) in [4.78, 5) is 23.4. The topological polar surface area (TPSA) is 66.8 Å². The third-order valence-electron chi connectivity index (χ3n) is 4.56. The van der Waals surface area contributed by atoms with E-state index in [1.807, 2.05) is 0 Å². The highest BCUT2D eigenvalue weighted by molar-refractivity contribution is 5.79. The van der Waals surface area contributed by atoms with Gasteiger partial charge in [0.25, 0.3) is 0 Å². The number of aliphatic carboxylic acids is 1. The van der Waals surface area contributed by atoms with Crippen molar-refractivity contribution >= 4 is 11.9 Å². The van der Waals surface area contributed by atoms with E-state index in [0.29, 0.717) is 11.0 Å². The molecule has 0 fully saturated rings. The maximum atomic E-state index is 13.4. The quantitative estimate of drug-likeness (QED) is 0.592. The molecule has 0 aromatic heterocycles. The minimum absolute atomic E-state index is 0.0582. The first-order chi connectivity index (χ1) is 14.7. The van der Waals surface area contributed by atoms with E-state index in [-0.39, 0.29) is 22.4 Å². The van der Waals surface area contributed by atoms with E-state index in [9.17, 15) is 35.9 Å². The molecule has 1 amide bonds. The Morgan fingerprint density at radius 3 is 2.12 bits per heavy atom. The minimum atomic E-state index is -4.85. The number of carbonyl (C=O) groups excluding carboxylic acids is 1. The summed E-state index contributed by atoms with van der Waals surface area (Å²) in [6.07, 6.45) is -10.4. The van der Waals surface area contributed by atoms with Crippen molar-refractivity contribution in [2.24, 2.45) is 0 Å². The fraction of sp³-hybridized carbons (Fsp3) is 0.333. The van der Waals surface area contributed by atoms with Crippen molar-refractivity contribution in [3.63, 3.8) is 0 Å². The Hall–Kier alpha value is -3.24. The molecule has 2 aromatic carbocycles. The van der Waals surface area contributed by atoms with Crippen LogP contribution >= 0.6 is 0 Å². The lowest BCUT2D eigenvalue weighted by molar-refractivity contribution is -0.161. The fourth-order valence-electron chi connectivity index (χ4n) is 3.20. The van der Waals surface area contributed by atoms with E-state index in [1.54, 1.807) is 0 Å². The lowest BCUT2D eigenvalue weighted by Crippen LogP contribution is -2.37. The van der Waals surface area contributed by atoms with Gasteiger partial charge in [-0.3, -0.25) is 9.59 Å². The SMILES string of the molecule is COc1cc(C(F)(F)F)c(CC(=O)O)cc1-c1ccccc1CN(CC(F)(F)F)C(C)=O. The van der Waals surface area contributed by atoms with E-state index in [4.69, 9.17) is 9.84 Å². The molecule has 0 heterocycles. The standard InChI is InChI=1S/C21H19F6NO4/c1-12(29)28(11-20(22,23)24)10-13-5-3-4-6-15(13)16-7-14(8-19(30)31)17(21(25,26)27)9-18(16)32-2/h3-7,9H,8,10-11H2,1-2H3,(H,30,31). The van der Waals surface area contributed by atoms with E-state index >= 15 is 0 Å². The number of rotatable bonds is 7. The summed E-state index contributed by atoms with van der Waals surface area (Å²) >= 11 is 0. The van der Waals surface area contributed by atoms with Gasteiger partial charge >= 0.3 is 18.3 Å². The van der Waals surface area contributed by atoms with Crippen LogP contribution in [0.25, 0.3) is 11.1 Å². The minimum Gasteiger partial charge on any atom is -0.496 e. The zero-order valence-electron chi connectivity index (χ0n) is 17.0. The van der Waals surface area contributed by atoms with Crippen LogP contribution in [0.4, 0.5) is 26.3 Å². The lowest BCUT2D eigenvalue weighted by atomic mass is 9.93. The van der Waals surface area contributed by atoms with Crippen LogP contribution in [-0.4, -0.2) is 41.7 Å². The van der Waals surface area contributed by atoms with Gasteiger partial charge in [0.05, 0.1) is 19.1 Å². The van der Waals surface area contributed by atoms with Gasteiger partial charge in [0.15, 0.2) is 0 Å². The molecular weight excluding hydrogens is 444 g/mol. The van der Waals surface area contributed by atoms with Gasteiger partial charge in [-0.1, -0.05) is 24.3 Å². The van der Waals surface area contributed by atoms with Gasteiger partial charge in [0, 0.05) is 19.0 Å². The summed E-state index contributed by atoms with van der Waals surface area (Å²) in [5.41, 5.74) is -1.25. The molecule has 2 rings (SSSR count). The third kappa shape index (κ3) is 6.38. The van der Waals surface area contributed by atoms with Gasteiger partial charge in [-0.05, 0) is 28.8 Å². The molecule has 0 saturated heterocycles. The fourth-order valence-corrected chi connectivity index (χ4v) is 3.20. The number of carbonyl (C=O) groups is 2. The summed E-state index contributed by atoms with van der Waals surface area (Å²) in [7, 11) is 1.12. The number of nitrogens with zero attached hydrogens (tertiary/aromatic N) is 1. The monoisotopic (exact) mass is 463 g/mol. The van der Waals surface area contributed by atoms with Crippen LogP contribution in [0.2, 0.25) is 0 Å². The maximum Gasteiger partial charge on any atom is 0.416 e. The molecule has 0 atom stereocenters. The molecule has 32 heavy (non-hydrogen) atoms. The van der Waals surface area contributed by atoms with Gasteiger partial charge in [0.1, 0.15) is 12.3 Å². The molecule has 1 N–H and O–H groups in total. The molecule has 0 saturated carbocycles. The number of halogens is 6. The van der Waals surface area contributed by atoms with Gasteiger partial charge in [-0.15, -0.1) is 0 Å². The molecule has 0 aliphatic heterocycles. The van der Waals surface area contributed by atoms with Gasteiger partial charge in [0.2, 0.25) is 5.91 Å². The predicted molar refractivity (Wildman–Crippen MR) is 102 cm³/mol. The Labute approximate surface area is 179 Å².